The molecule has 2 N–H and O–H groups in total. The molecule has 0 aliphatic heterocycles. The van der Waals surface area contributed by atoms with Crippen molar-refractivity contribution in [3.05, 3.63) is 79.7 Å². The van der Waals surface area contributed by atoms with E-state index in [1.54, 1.807) is 54.6 Å². The molecule has 0 heterocycles. The number of nitrogens with one attached hydrogen (secondary N) is 2. The maximum atomic E-state index is 12.4. The van der Waals surface area contributed by atoms with E-state index in [0.29, 0.717) is 47.6 Å². The zero-order chi connectivity index (χ0) is 19.6. The fourth-order valence-corrected chi connectivity index (χ4v) is 3.26. The van der Waals surface area contributed by atoms with Crippen molar-refractivity contribution >= 4 is 75.4 Å². The van der Waals surface area contributed by atoms with Crippen LogP contribution in [0.25, 0.3) is 11.1 Å². The zero-order valence-electron chi connectivity index (χ0n) is 13.5. The van der Waals surface area contributed by atoms with Crippen LogP contribution in [0.3, 0.4) is 0 Å². The Hall–Kier alpha value is -1.62. The summed E-state index contributed by atoms with van der Waals surface area (Å²) in [5.41, 5.74) is 2.26. The number of urea groups is 1. The number of hydrogen-bond acceptors (Lipinski definition) is 1. The van der Waals surface area contributed by atoms with Gasteiger partial charge in [0.25, 0.3) is 0 Å². The summed E-state index contributed by atoms with van der Waals surface area (Å²) in [6, 6.07) is 14.6. The number of hydrogen-bond donors (Lipinski definition) is 2. The van der Waals surface area contributed by atoms with E-state index in [0.717, 1.165) is 0 Å². The lowest BCUT2D eigenvalue weighted by molar-refractivity contribution is 0.262. The summed E-state index contributed by atoms with van der Waals surface area (Å²) < 4.78 is 0. The first-order chi connectivity index (χ1) is 12.8. The van der Waals surface area contributed by atoms with Crippen molar-refractivity contribution in [2.45, 2.75) is 0 Å². The van der Waals surface area contributed by atoms with Crippen molar-refractivity contribution < 1.29 is 4.79 Å². The normalized spacial score (nSPS) is 10.6. The van der Waals surface area contributed by atoms with Crippen molar-refractivity contribution in [2.75, 3.05) is 10.6 Å². The van der Waals surface area contributed by atoms with Crippen molar-refractivity contribution in [3.63, 3.8) is 0 Å². The van der Waals surface area contributed by atoms with E-state index in [-0.39, 0.29) is 0 Å². The summed E-state index contributed by atoms with van der Waals surface area (Å²) in [5.74, 6) is 0. The first kappa shape index (κ1) is 20.1. The summed E-state index contributed by atoms with van der Waals surface area (Å²) in [5, 5.41) is 7.48. The predicted octanol–water partition coefficient (Wildman–Crippen LogP) is 8.26. The van der Waals surface area contributed by atoms with E-state index >= 15 is 0 Å². The van der Waals surface area contributed by atoms with Gasteiger partial charge in [0.05, 0.1) is 25.8 Å². The molecular weight excluding hydrogens is 449 g/mol. The largest absolute Gasteiger partial charge is 0.323 e. The number of anilines is 2. The molecule has 27 heavy (non-hydrogen) atoms. The van der Waals surface area contributed by atoms with Gasteiger partial charge in [-0.2, -0.15) is 0 Å². The Labute approximate surface area is 181 Å². The highest BCUT2D eigenvalue weighted by atomic mass is 35.5. The van der Waals surface area contributed by atoms with Gasteiger partial charge in [-0.3, -0.25) is 0 Å². The van der Waals surface area contributed by atoms with Gasteiger partial charge < -0.3 is 10.6 Å². The average molecular weight is 461 g/mol. The van der Waals surface area contributed by atoms with Gasteiger partial charge in [0.1, 0.15) is 0 Å². The summed E-state index contributed by atoms with van der Waals surface area (Å²) in [7, 11) is 0. The molecule has 0 spiro atoms. The molecule has 0 aromatic heterocycles. The number of carbonyl (C=O) groups is 1. The van der Waals surface area contributed by atoms with Crippen LogP contribution in [0.1, 0.15) is 0 Å². The molecule has 8 heteroatoms. The molecule has 0 aliphatic carbocycles. The van der Waals surface area contributed by atoms with E-state index < -0.39 is 6.03 Å². The minimum absolute atomic E-state index is 0.291. The SMILES string of the molecule is O=C(Nc1ccc(Cl)cc1)Nc1ccc(Cl)c(Cl)c1-c1ccc(Cl)c(Cl)c1. The highest BCUT2D eigenvalue weighted by Gasteiger charge is 2.16. The van der Waals surface area contributed by atoms with Gasteiger partial charge in [-0.25, -0.2) is 4.79 Å². The van der Waals surface area contributed by atoms with E-state index in [1.807, 2.05) is 0 Å². The second-order valence-electron chi connectivity index (χ2n) is 5.50. The zero-order valence-corrected chi connectivity index (χ0v) is 17.3. The number of benzene rings is 3. The van der Waals surface area contributed by atoms with Crippen molar-refractivity contribution in [2.24, 2.45) is 0 Å². The first-order valence-electron chi connectivity index (χ1n) is 7.62. The minimum atomic E-state index is -0.447. The molecular formula is C19H11Cl5N2O. The molecule has 0 radical (unpaired) electrons. The lowest BCUT2D eigenvalue weighted by Gasteiger charge is -2.15. The van der Waals surface area contributed by atoms with E-state index in [9.17, 15) is 4.79 Å². The number of carbonyl (C=O) groups excluding carboxylic acids is 1. The Morgan fingerprint density at radius 1 is 0.704 bits per heavy atom. The summed E-state index contributed by atoms with van der Waals surface area (Å²) >= 11 is 30.5. The molecule has 0 bridgehead atoms. The fourth-order valence-electron chi connectivity index (χ4n) is 2.41. The maximum Gasteiger partial charge on any atom is 0.323 e. The minimum Gasteiger partial charge on any atom is -0.308 e. The van der Waals surface area contributed by atoms with Crippen LogP contribution in [0.15, 0.2) is 54.6 Å². The van der Waals surface area contributed by atoms with E-state index in [2.05, 4.69) is 10.6 Å². The second-order valence-corrected chi connectivity index (χ2v) is 7.53. The van der Waals surface area contributed by atoms with Crippen LogP contribution >= 0.6 is 58.0 Å². The van der Waals surface area contributed by atoms with Gasteiger partial charge in [-0.1, -0.05) is 64.1 Å². The number of amides is 2. The molecule has 2 amide bonds. The third-order valence-electron chi connectivity index (χ3n) is 3.65. The Bertz CT molecular complexity index is 1010. The van der Waals surface area contributed by atoms with Gasteiger partial charge in [-0.05, 0) is 54.1 Å². The molecule has 0 aliphatic rings. The van der Waals surface area contributed by atoms with Crippen LogP contribution in [0.5, 0.6) is 0 Å². The molecule has 3 aromatic rings. The highest BCUT2D eigenvalue weighted by Crippen LogP contribution is 2.41. The van der Waals surface area contributed by atoms with Gasteiger partial charge >= 0.3 is 6.03 Å². The molecule has 0 atom stereocenters. The number of rotatable bonds is 3. The van der Waals surface area contributed by atoms with Crippen LogP contribution < -0.4 is 10.6 Å². The van der Waals surface area contributed by atoms with Crippen LogP contribution in [0, 0.1) is 0 Å². The lowest BCUT2D eigenvalue weighted by atomic mass is 10.0. The summed E-state index contributed by atoms with van der Waals surface area (Å²) in [4.78, 5) is 12.4. The Morgan fingerprint density at radius 2 is 1.37 bits per heavy atom. The van der Waals surface area contributed by atoms with Gasteiger partial charge in [0.15, 0.2) is 0 Å². The quantitative estimate of drug-likeness (QED) is 0.406. The van der Waals surface area contributed by atoms with Crippen LogP contribution in [-0.2, 0) is 0 Å². The van der Waals surface area contributed by atoms with Gasteiger partial charge in [-0.15, -0.1) is 0 Å². The van der Waals surface area contributed by atoms with Crippen molar-refractivity contribution in [3.8, 4) is 11.1 Å². The highest BCUT2D eigenvalue weighted by molar-refractivity contribution is 6.45. The van der Waals surface area contributed by atoms with Gasteiger partial charge in [0.2, 0.25) is 0 Å². The first-order valence-corrected chi connectivity index (χ1v) is 9.51. The van der Waals surface area contributed by atoms with Gasteiger partial charge in [0, 0.05) is 16.3 Å². The predicted molar refractivity (Wildman–Crippen MR) is 116 cm³/mol. The molecule has 138 valence electrons. The molecule has 3 nitrogen and oxygen atoms in total. The molecule has 0 unspecified atom stereocenters. The summed E-state index contributed by atoms with van der Waals surface area (Å²) in [6.45, 7) is 0. The fraction of sp³-hybridized carbons (Fsp3) is 0. The third-order valence-corrected chi connectivity index (χ3v) is 5.45. The third kappa shape index (κ3) is 4.81. The Morgan fingerprint density at radius 3 is 2.04 bits per heavy atom. The van der Waals surface area contributed by atoms with E-state index in [1.165, 1.54) is 0 Å². The average Bonchev–Trinajstić information content (AvgIpc) is 2.63. The molecule has 3 rings (SSSR count). The second kappa shape index (κ2) is 8.59. The Kier molecular flexibility index (Phi) is 6.40. The topological polar surface area (TPSA) is 41.1 Å². The molecule has 0 saturated carbocycles. The lowest BCUT2D eigenvalue weighted by Crippen LogP contribution is -2.19. The van der Waals surface area contributed by atoms with Crippen LogP contribution in [-0.4, -0.2) is 6.03 Å². The van der Waals surface area contributed by atoms with Crippen LogP contribution in [0.4, 0.5) is 16.2 Å². The Balaban J connectivity index is 1.93. The monoisotopic (exact) mass is 458 g/mol. The van der Waals surface area contributed by atoms with E-state index in [4.69, 9.17) is 58.0 Å². The summed E-state index contributed by atoms with van der Waals surface area (Å²) in [6.07, 6.45) is 0. The smallest absolute Gasteiger partial charge is 0.308 e. The molecule has 3 aromatic carbocycles. The maximum absolute atomic E-state index is 12.4. The standard InChI is InChI=1S/C19H11Cl5N2O/c20-11-2-4-12(5-3-11)25-19(27)26-16-8-7-14(22)18(24)17(16)10-1-6-13(21)15(23)9-10/h1-9H,(H2,25,26,27). The molecule has 0 saturated heterocycles. The molecule has 0 fully saturated rings. The van der Waals surface area contributed by atoms with Crippen molar-refractivity contribution in [1.29, 1.82) is 0 Å². The van der Waals surface area contributed by atoms with Crippen LogP contribution in [0.2, 0.25) is 25.1 Å². The number of halogens is 5. The van der Waals surface area contributed by atoms with Crippen molar-refractivity contribution in [1.82, 2.24) is 0 Å².